The number of rotatable bonds is 5. The molecule has 0 unspecified atom stereocenters. The van der Waals surface area contributed by atoms with E-state index < -0.39 is 172 Å². The highest BCUT2D eigenvalue weighted by atomic mass is 16.3. The van der Waals surface area contributed by atoms with Gasteiger partial charge in [0.15, 0.2) is 17.5 Å². The highest BCUT2D eigenvalue weighted by molar-refractivity contribution is 6.13. The van der Waals surface area contributed by atoms with E-state index in [2.05, 4.69) is 9.97 Å². The van der Waals surface area contributed by atoms with Gasteiger partial charge in [0.25, 0.3) is 0 Å². The molecule has 4 heteroatoms. The van der Waals surface area contributed by atoms with Crippen LogP contribution in [0.15, 0.2) is 168 Å². The minimum absolute atomic E-state index is 0.0840. The van der Waals surface area contributed by atoms with Gasteiger partial charge >= 0.3 is 0 Å². The predicted octanol–water partition coefficient (Wildman–Crippen LogP) is 11.3. The van der Waals surface area contributed by atoms with Gasteiger partial charge in [-0.1, -0.05) is 133 Å². The molecule has 0 bridgehead atoms. The first-order valence-electron chi connectivity index (χ1n) is 24.5. The van der Waals surface area contributed by atoms with Crippen molar-refractivity contribution >= 4 is 32.7 Å². The molecule has 0 aliphatic heterocycles. The third-order valence-electron chi connectivity index (χ3n) is 7.29. The molecular formula is C43H27N3O. The Morgan fingerprint density at radius 1 is 0.426 bits per heavy atom. The highest BCUT2D eigenvalue weighted by Gasteiger charge is 2.19. The SMILES string of the molecule is [2H]c1c([2H])c([2H])c(-c2ccc3ccc(-c4nc(-c5c([2H])c([2H])c([2H])c([2H])c5[2H])nc(-c5c([2H])c(-c6c([2H])c([2H])c([2H])c([2H])c6[2H])c([2H])c6oc7c([2H])c([2H])c([2H])c([2H])c7c56)n4)cc3c2)c([2H])c1[2H]. The molecule has 0 saturated heterocycles. The summed E-state index contributed by atoms with van der Waals surface area (Å²) in [5, 5.41) is 0.311. The summed E-state index contributed by atoms with van der Waals surface area (Å²) in [4.78, 5) is 13.8. The molecule has 4 nitrogen and oxygen atoms in total. The summed E-state index contributed by atoms with van der Waals surface area (Å²) in [6, 6.07) is -5.28. The van der Waals surface area contributed by atoms with Gasteiger partial charge in [-0.3, -0.25) is 0 Å². The van der Waals surface area contributed by atoms with Crippen molar-refractivity contribution in [1.82, 2.24) is 15.0 Å². The van der Waals surface area contributed by atoms with Gasteiger partial charge in [-0.15, -0.1) is 0 Å². The van der Waals surface area contributed by atoms with Gasteiger partial charge in [0.2, 0.25) is 0 Å². The maximum Gasteiger partial charge on any atom is 0.164 e. The van der Waals surface area contributed by atoms with Crippen molar-refractivity contribution in [2.24, 2.45) is 0 Å². The lowest BCUT2D eigenvalue weighted by Gasteiger charge is -2.12. The smallest absolute Gasteiger partial charge is 0.164 e. The van der Waals surface area contributed by atoms with E-state index in [9.17, 15) is 2.74 Å². The van der Waals surface area contributed by atoms with E-state index >= 15 is 0 Å². The molecule has 2 aromatic heterocycles. The van der Waals surface area contributed by atoms with E-state index in [1.165, 1.54) is 0 Å². The van der Waals surface area contributed by atoms with Gasteiger partial charge in [-0.05, 0) is 63.3 Å². The molecule has 0 N–H and O–H groups in total. The zero-order valence-electron chi connectivity index (χ0n) is 44.7. The summed E-state index contributed by atoms with van der Waals surface area (Å²) in [5.41, 5.74) is -2.96. The van der Waals surface area contributed by atoms with Gasteiger partial charge in [-0.2, -0.15) is 0 Å². The molecule has 2 heterocycles. The molecule has 0 aliphatic rings. The fourth-order valence-electron chi connectivity index (χ4n) is 5.17. The molecule has 0 spiro atoms. The van der Waals surface area contributed by atoms with Crippen molar-refractivity contribution in [2.75, 3.05) is 0 Å². The largest absolute Gasteiger partial charge is 0.456 e. The second-order valence-corrected chi connectivity index (χ2v) is 10.1. The minimum Gasteiger partial charge on any atom is -0.456 e. The molecular weight excluding hydrogens is 574 g/mol. The van der Waals surface area contributed by atoms with Crippen molar-refractivity contribution in [3.05, 3.63) is 163 Å². The molecule has 9 aromatic rings. The molecule has 0 amide bonds. The van der Waals surface area contributed by atoms with Crippen molar-refractivity contribution in [2.45, 2.75) is 0 Å². The van der Waals surface area contributed by atoms with Crippen LogP contribution in [-0.2, 0) is 0 Å². The number of aromatic nitrogens is 3. The van der Waals surface area contributed by atoms with Crippen LogP contribution in [0, 0.1) is 0 Å². The minimum atomic E-state index is -0.820. The van der Waals surface area contributed by atoms with Crippen molar-refractivity contribution < 1.29 is 33.2 Å². The van der Waals surface area contributed by atoms with E-state index in [0.717, 1.165) is 0 Å². The summed E-state index contributed by atoms with van der Waals surface area (Å²) < 4.78 is 187. The van der Waals surface area contributed by atoms with Crippen molar-refractivity contribution in [3.8, 4) is 56.4 Å². The fourth-order valence-corrected chi connectivity index (χ4v) is 5.17. The van der Waals surface area contributed by atoms with E-state index in [4.69, 9.17) is 35.4 Å². The normalized spacial score (nSPS) is 17.7. The van der Waals surface area contributed by atoms with Crippen molar-refractivity contribution in [1.29, 1.82) is 0 Å². The Morgan fingerprint density at radius 3 is 1.70 bits per heavy atom. The Bertz CT molecular complexity index is 3690. The number of fused-ring (bicyclic) bond motifs is 4. The van der Waals surface area contributed by atoms with Crippen LogP contribution in [0.4, 0.5) is 0 Å². The summed E-state index contributed by atoms with van der Waals surface area (Å²) in [6.07, 6.45) is 0. The van der Waals surface area contributed by atoms with E-state index in [-0.39, 0.29) is 33.3 Å². The van der Waals surface area contributed by atoms with Gasteiger partial charge < -0.3 is 4.42 Å². The van der Waals surface area contributed by atoms with Crippen LogP contribution < -0.4 is 0 Å². The van der Waals surface area contributed by atoms with Gasteiger partial charge in [0, 0.05) is 27.5 Å². The van der Waals surface area contributed by atoms with Gasteiger partial charge in [-0.25, -0.2) is 15.0 Å². The lowest BCUT2D eigenvalue weighted by molar-refractivity contribution is 0.669. The molecule has 0 fully saturated rings. The second kappa shape index (κ2) is 11.2. The molecule has 47 heavy (non-hydrogen) atoms. The van der Waals surface area contributed by atoms with Crippen LogP contribution in [0.3, 0.4) is 0 Å². The first-order valence-corrected chi connectivity index (χ1v) is 14.0. The summed E-state index contributed by atoms with van der Waals surface area (Å²) in [5.74, 6) is -1.41. The lowest BCUT2D eigenvalue weighted by Crippen LogP contribution is -2.00. The second-order valence-electron chi connectivity index (χ2n) is 10.1. The third-order valence-corrected chi connectivity index (χ3v) is 7.29. The Kier molecular flexibility index (Phi) is 3.13. The van der Waals surface area contributed by atoms with E-state index in [1.807, 2.05) is 0 Å². The van der Waals surface area contributed by atoms with Crippen LogP contribution in [0.25, 0.3) is 89.1 Å². The zero-order chi connectivity index (χ0) is 49.4. The third kappa shape index (κ3) is 4.93. The lowest BCUT2D eigenvalue weighted by atomic mass is 9.98. The Morgan fingerprint density at radius 2 is 0.979 bits per heavy atom. The number of benzene rings is 7. The highest BCUT2D eigenvalue weighted by Crippen LogP contribution is 2.40. The van der Waals surface area contributed by atoms with Crippen LogP contribution >= 0.6 is 0 Å². The van der Waals surface area contributed by atoms with E-state index in [0.29, 0.717) is 10.8 Å². The summed E-state index contributed by atoms with van der Waals surface area (Å²) in [7, 11) is 0. The monoisotopic (exact) mass is 622 g/mol. The van der Waals surface area contributed by atoms with Crippen LogP contribution in [0.5, 0.6) is 0 Å². The standard InChI is InChI=1S/C43H27N3O/c1-4-12-28(13-5-1)32-22-20-30-21-23-33(25-34(30)24-32)42-44-41(31-16-8-3-9-17-31)45-43(46-42)37-26-35(29-14-6-2-7-15-29)27-39-40(37)36-18-10-11-19-38(36)47-39/h1-27H/i1D,2D,3D,4D,5D,6D,7D,8D,9D,10D,11D,12D,13D,14D,15D,16D,17D,18D,19D,26D,27D. The van der Waals surface area contributed by atoms with Crippen LogP contribution in [-0.4, -0.2) is 15.0 Å². The maximum atomic E-state index is 9.77. The number of nitrogens with zero attached hydrogens (tertiary/aromatic N) is 3. The molecule has 9 rings (SSSR count). The van der Waals surface area contributed by atoms with Gasteiger partial charge in [0.05, 0.1) is 28.8 Å². The average molecular weight is 623 g/mol. The molecule has 0 saturated carbocycles. The van der Waals surface area contributed by atoms with Crippen molar-refractivity contribution in [3.63, 3.8) is 0 Å². The number of hydrogen-bond donors (Lipinski definition) is 0. The summed E-state index contributed by atoms with van der Waals surface area (Å²) in [6.45, 7) is 0. The van der Waals surface area contributed by atoms with Crippen LogP contribution in [0.2, 0.25) is 0 Å². The number of furan rings is 1. The molecule has 0 radical (unpaired) electrons. The average Bonchev–Trinajstić information content (AvgIpc) is 3.73. The molecule has 7 aromatic carbocycles. The Hall–Kier alpha value is -6.39. The first kappa shape index (κ1) is 13.1. The molecule has 220 valence electrons. The van der Waals surface area contributed by atoms with Crippen LogP contribution in [0.1, 0.15) is 28.8 Å². The first-order chi connectivity index (χ1) is 32.0. The molecule has 0 aliphatic carbocycles. The Labute approximate surface area is 301 Å². The Balaban J connectivity index is 1.44. The van der Waals surface area contributed by atoms with Gasteiger partial charge in [0.1, 0.15) is 11.2 Å². The molecule has 0 atom stereocenters. The summed E-state index contributed by atoms with van der Waals surface area (Å²) >= 11 is 0. The fraction of sp³-hybridized carbons (Fsp3) is 0. The predicted molar refractivity (Wildman–Crippen MR) is 192 cm³/mol. The number of hydrogen-bond acceptors (Lipinski definition) is 4. The quantitative estimate of drug-likeness (QED) is 0.192. The van der Waals surface area contributed by atoms with E-state index in [1.54, 1.807) is 36.4 Å². The zero-order valence-corrected chi connectivity index (χ0v) is 23.7. The topological polar surface area (TPSA) is 51.8 Å². The maximum absolute atomic E-state index is 9.77. The number of para-hydroxylation sites is 1.